The molecule has 112 valence electrons. The summed E-state index contributed by atoms with van der Waals surface area (Å²) in [7, 11) is 1.98. The van der Waals surface area contributed by atoms with Crippen LogP contribution in [0.2, 0.25) is 0 Å². The standard InChI is InChI=1S/C15H27F2NO/c1-13(2,3)19-11-14(8-6-9-15(14,16)17)12-7-5-10-18(12)4/h12H,5-11H2,1-4H3. The molecule has 0 spiro atoms. The molecule has 0 N–H and O–H groups in total. The van der Waals surface area contributed by atoms with Gasteiger partial charge in [-0.15, -0.1) is 0 Å². The van der Waals surface area contributed by atoms with Crippen LogP contribution in [-0.2, 0) is 4.74 Å². The molecule has 0 aromatic heterocycles. The molecule has 1 saturated heterocycles. The molecule has 4 heteroatoms. The Morgan fingerprint density at radius 1 is 1.21 bits per heavy atom. The zero-order valence-electron chi connectivity index (χ0n) is 12.6. The van der Waals surface area contributed by atoms with Gasteiger partial charge in [0, 0.05) is 12.5 Å². The van der Waals surface area contributed by atoms with Crippen LogP contribution >= 0.6 is 0 Å². The summed E-state index contributed by atoms with van der Waals surface area (Å²) in [6.45, 7) is 6.92. The Bertz CT molecular complexity index is 327. The molecule has 1 aliphatic heterocycles. The van der Waals surface area contributed by atoms with E-state index in [1.165, 1.54) is 0 Å². The highest BCUT2D eigenvalue weighted by Crippen LogP contribution is 2.55. The molecule has 1 heterocycles. The van der Waals surface area contributed by atoms with Crippen LogP contribution in [0.3, 0.4) is 0 Å². The highest BCUT2D eigenvalue weighted by Gasteiger charge is 2.62. The second-order valence-corrected chi connectivity index (χ2v) is 7.25. The maximum Gasteiger partial charge on any atom is 0.257 e. The predicted molar refractivity (Wildman–Crippen MR) is 72.6 cm³/mol. The van der Waals surface area contributed by atoms with Gasteiger partial charge in [-0.2, -0.15) is 0 Å². The third-order valence-corrected chi connectivity index (χ3v) is 4.76. The van der Waals surface area contributed by atoms with Crippen LogP contribution in [0.1, 0.15) is 52.9 Å². The lowest BCUT2D eigenvalue weighted by Gasteiger charge is -2.44. The van der Waals surface area contributed by atoms with Gasteiger partial charge in [-0.1, -0.05) is 0 Å². The van der Waals surface area contributed by atoms with E-state index in [0.717, 1.165) is 19.4 Å². The van der Waals surface area contributed by atoms with Crippen LogP contribution < -0.4 is 0 Å². The maximum absolute atomic E-state index is 14.6. The molecule has 2 unspecified atom stereocenters. The molecule has 0 aromatic carbocycles. The maximum atomic E-state index is 14.6. The summed E-state index contributed by atoms with van der Waals surface area (Å²) in [5.74, 6) is -2.60. The van der Waals surface area contributed by atoms with Gasteiger partial charge in [0.15, 0.2) is 0 Å². The zero-order chi connectivity index (χ0) is 14.3. The number of rotatable bonds is 3. The van der Waals surface area contributed by atoms with Gasteiger partial charge in [-0.3, -0.25) is 0 Å². The van der Waals surface area contributed by atoms with Crippen molar-refractivity contribution in [2.75, 3.05) is 20.2 Å². The summed E-state index contributed by atoms with van der Waals surface area (Å²) in [5.41, 5.74) is -1.34. The van der Waals surface area contributed by atoms with Gasteiger partial charge in [0.05, 0.1) is 17.6 Å². The zero-order valence-corrected chi connectivity index (χ0v) is 12.6. The van der Waals surface area contributed by atoms with Crippen LogP contribution in [0.5, 0.6) is 0 Å². The number of hydrogen-bond acceptors (Lipinski definition) is 2. The Kier molecular flexibility index (Phi) is 3.96. The van der Waals surface area contributed by atoms with E-state index < -0.39 is 11.3 Å². The van der Waals surface area contributed by atoms with Crippen molar-refractivity contribution in [3.8, 4) is 0 Å². The minimum absolute atomic E-state index is 0.0187. The molecule has 19 heavy (non-hydrogen) atoms. The molecule has 2 nitrogen and oxygen atoms in total. The van der Waals surface area contributed by atoms with E-state index >= 15 is 0 Å². The van der Waals surface area contributed by atoms with Crippen molar-refractivity contribution in [3.63, 3.8) is 0 Å². The lowest BCUT2D eigenvalue weighted by Crippen LogP contribution is -2.54. The summed E-state index contributed by atoms with van der Waals surface area (Å²) < 4.78 is 34.9. The van der Waals surface area contributed by atoms with Crippen LogP contribution in [0.4, 0.5) is 8.78 Å². The third-order valence-electron chi connectivity index (χ3n) is 4.76. The van der Waals surface area contributed by atoms with Gasteiger partial charge < -0.3 is 9.64 Å². The first-order valence-electron chi connectivity index (χ1n) is 7.40. The minimum Gasteiger partial charge on any atom is -0.375 e. The largest absolute Gasteiger partial charge is 0.375 e. The second-order valence-electron chi connectivity index (χ2n) is 7.25. The average Bonchev–Trinajstić information content (AvgIpc) is 2.79. The number of hydrogen-bond donors (Lipinski definition) is 0. The number of ether oxygens (including phenoxy) is 1. The monoisotopic (exact) mass is 275 g/mol. The van der Waals surface area contributed by atoms with E-state index in [1.807, 2.05) is 27.8 Å². The Labute approximate surface area is 115 Å². The van der Waals surface area contributed by atoms with E-state index in [1.54, 1.807) is 0 Å². The van der Waals surface area contributed by atoms with E-state index in [4.69, 9.17) is 4.74 Å². The van der Waals surface area contributed by atoms with Gasteiger partial charge in [0.2, 0.25) is 0 Å². The summed E-state index contributed by atoms with van der Waals surface area (Å²) >= 11 is 0. The molecule has 1 saturated carbocycles. The summed E-state index contributed by atoms with van der Waals surface area (Å²) in [5, 5.41) is 0. The van der Waals surface area contributed by atoms with E-state index in [2.05, 4.69) is 4.90 Å². The van der Waals surface area contributed by atoms with Gasteiger partial charge in [-0.05, 0) is 60.0 Å². The fourth-order valence-corrected chi connectivity index (χ4v) is 3.70. The Balaban J connectivity index is 2.23. The highest BCUT2D eigenvalue weighted by atomic mass is 19.3. The van der Waals surface area contributed by atoms with Crippen molar-refractivity contribution in [1.82, 2.24) is 4.90 Å². The molecular weight excluding hydrogens is 248 g/mol. The molecule has 0 aromatic rings. The molecule has 0 bridgehead atoms. The minimum atomic E-state index is -2.60. The number of alkyl halides is 2. The molecule has 0 amide bonds. The topological polar surface area (TPSA) is 12.5 Å². The molecule has 0 radical (unpaired) electrons. The van der Waals surface area contributed by atoms with Crippen molar-refractivity contribution < 1.29 is 13.5 Å². The van der Waals surface area contributed by atoms with Crippen LogP contribution in [0.25, 0.3) is 0 Å². The van der Waals surface area contributed by atoms with Crippen LogP contribution in [-0.4, -0.2) is 42.7 Å². The van der Waals surface area contributed by atoms with Crippen molar-refractivity contribution in [2.24, 2.45) is 5.41 Å². The average molecular weight is 275 g/mol. The number of likely N-dealkylation sites (tertiary alicyclic amines) is 1. The lowest BCUT2D eigenvalue weighted by molar-refractivity contribution is -0.177. The molecule has 2 fully saturated rings. The molecule has 2 rings (SSSR count). The van der Waals surface area contributed by atoms with Crippen LogP contribution in [0, 0.1) is 5.41 Å². The van der Waals surface area contributed by atoms with Gasteiger partial charge in [-0.25, -0.2) is 8.78 Å². The normalized spacial score (nSPS) is 36.0. The van der Waals surface area contributed by atoms with Crippen molar-refractivity contribution >= 4 is 0 Å². The van der Waals surface area contributed by atoms with E-state index in [-0.39, 0.29) is 24.7 Å². The lowest BCUT2D eigenvalue weighted by atomic mass is 9.75. The number of halogens is 2. The van der Waals surface area contributed by atoms with Gasteiger partial charge in [0.25, 0.3) is 5.92 Å². The van der Waals surface area contributed by atoms with Crippen molar-refractivity contribution in [3.05, 3.63) is 0 Å². The molecule has 1 aliphatic carbocycles. The predicted octanol–water partition coefficient (Wildman–Crippen LogP) is 3.70. The molecule has 2 aliphatic rings. The fraction of sp³-hybridized carbons (Fsp3) is 1.00. The number of nitrogens with zero attached hydrogens (tertiary/aromatic N) is 1. The summed E-state index contributed by atoms with van der Waals surface area (Å²) in [6.07, 6.45) is 3.12. The van der Waals surface area contributed by atoms with Crippen LogP contribution in [0.15, 0.2) is 0 Å². The van der Waals surface area contributed by atoms with E-state index in [9.17, 15) is 8.78 Å². The molecule has 2 atom stereocenters. The quantitative estimate of drug-likeness (QED) is 0.778. The Morgan fingerprint density at radius 2 is 1.89 bits per heavy atom. The van der Waals surface area contributed by atoms with Crippen molar-refractivity contribution in [1.29, 1.82) is 0 Å². The third kappa shape index (κ3) is 2.80. The van der Waals surface area contributed by atoms with E-state index in [0.29, 0.717) is 12.8 Å². The first-order chi connectivity index (χ1) is 8.68. The summed E-state index contributed by atoms with van der Waals surface area (Å²) in [4.78, 5) is 2.12. The Morgan fingerprint density at radius 3 is 2.32 bits per heavy atom. The fourth-order valence-electron chi connectivity index (χ4n) is 3.70. The highest BCUT2D eigenvalue weighted by molar-refractivity contribution is 5.07. The SMILES string of the molecule is CN1CCCC1C1(COC(C)(C)C)CCCC1(F)F. The van der Waals surface area contributed by atoms with Crippen molar-refractivity contribution in [2.45, 2.75) is 70.4 Å². The van der Waals surface area contributed by atoms with Gasteiger partial charge in [0.1, 0.15) is 0 Å². The molecular formula is C15H27F2NO. The second kappa shape index (κ2) is 4.96. The Hall–Kier alpha value is -0.220. The smallest absolute Gasteiger partial charge is 0.257 e. The first-order valence-corrected chi connectivity index (χ1v) is 7.40. The summed E-state index contributed by atoms with van der Waals surface area (Å²) in [6, 6.07) is -0.0349. The van der Waals surface area contributed by atoms with Gasteiger partial charge >= 0.3 is 0 Å². The first kappa shape index (κ1) is 15.2.